The maximum atomic E-state index is 11.3. The van der Waals surface area contributed by atoms with Crippen LogP contribution in [0.2, 0.25) is 0 Å². The molecule has 15 heavy (non-hydrogen) atoms. The molecule has 2 aromatic rings. The van der Waals surface area contributed by atoms with Gasteiger partial charge in [-0.3, -0.25) is 4.79 Å². The van der Waals surface area contributed by atoms with Crippen molar-refractivity contribution in [2.75, 3.05) is 0 Å². The molecule has 0 atom stereocenters. The molecule has 1 aromatic carbocycles. The van der Waals surface area contributed by atoms with Crippen LogP contribution >= 0.6 is 0 Å². The molecule has 0 amide bonds. The van der Waals surface area contributed by atoms with Gasteiger partial charge in [0, 0.05) is 12.3 Å². The van der Waals surface area contributed by atoms with Crippen molar-refractivity contribution in [3.8, 4) is 0 Å². The molecule has 0 saturated carbocycles. The van der Waals surface area contributed by atoms with Gasteiger partial charge in [-0.25, -0.2) is 4.68 Å². The fourth-order valence-electron chi connectivity index (χ4n) is 1.18. The molecule has 0 fully saturated rings. The SMILES string of the molecule is O=c1ccccn1/N=C/c1ccccc1. The van der Waals surface area contributed by atoms with Gasteiger partial charge in [-0.1, -0.05) is 36.4 Å². The molecule has 0 unspecified atom stereocenters. The van der Waals surface area contributed by atoms with Crippen molar-refractivity contribution in [3.05, 3.63) is 70.6 Å². The third-order valence-corrected chi connectivity index (χ3v) is 1.93. The van der Waals surface area contributed by atoms with E-state index in [2.05, 4.69) is 5.10 Å². The maximum absolute atomic E-state index is 11.3. The molecule has 0 spiro atoms. The summed E-state index contributed by atoms with van der Waals surface area (Å²) in [6, 6.07) is 14.6. The van der Waals surface area contributed by atoms with Gasteiger partial charge in [0.25, 0.3) is 5.56 Å². The van der Waals surface area contributed by atoms with Crippen LogP contribution in [-0.4, -0.2) is 10.9 Å². The summed E-state index contributed by atoms with van der Waals surface area (Å²) in [5, 5.41) is 4.06. The Morgan fingerprint density at radius 3 is 2.47 bits per heavy atom. The number of benzene rings is 1. The fraction of sp³-hybridized carbons (Fsp3) is 0. The highest BCUT2D eigenvalue weighted by Gasteiger charge is 1.88. The molecular weight excluding hydrogens is 188 g/mol. The number of aromatic nitrogens is 1. The third kappa shape index (κ3) is 2.40. The molecule has 74 valence electrons. The van der Waals surface area contributed by atoms with Crippen molar-refractivity contribution in [3.63, 3.8) is 0 Å². The van der Waals surface area contributed by atoms with E-state index >= 15 is 0 Å². The van der Waals surface area contributed by atoms with E-state index < -0.39 is 0 Å². The van der Waals surface area contributed by atoms with Gasteiger partial charge in [0.1, 0.15) is 0 Å². The van der Waals surface area contributed by atoms with Crippen LogP contribution in [0, 0.1) is 0 Å². The van der Waals surface area contributed by atoms with Crippen LogP contribution in [-0.2, 0) is 0 Å². The van der Waals surface area contributed by atoms with E-state index in [0.717, 1.165) is 5.56 Å². The standard InChI is InChI=1S/C12H10N2O/c15-12-8-4-5-9-14(12)13-10-11-6-2-1-3-7-11/h1-10H/b13-10+. The Labute approximate surface area is 87.3 Å². The zero-order valence-electron chi connectivity index (χ0n) is 8.08. The topological polar surface area (TPSA) is 34.4 Å². The van der Waals surface area contributed by atoms with E-state index in [1.807, 2.05) is 30.3 Å². The Balaban J connectivity index is 2.27. The lowest BCUT2D eigenvalue weighted by molar-refractivity contribution is 0.833. The first-order valence-corrected chi connectivity index (χ1v) is 4.63. The summed E-state index contributed by atoms with van der Waals surface area (Å²) < 4.78 is 1.30. The lowest BCUT2D eigenvalue weighted by atomic mass is 10.2. The molecule has 3 nitrogen and oxygen atoms in total. The van der Waals surface area contributed by atoms with Gasteiger partial charge in [-0.15, -0.1) is 0 Å². The van der Waals surface area contributed by atoms with Gasteiger partial charge in [0.05, 0.1) is 6.21 Å². The summed E-state index contributed by atoms with van der Waals surface area (Å²) in [6.45, 7) is 0. The quantitative estimate of drug-likeness (QED) is 0.677. The molecular formula is C12H10N2O. The van der Waals surface area contributed by atoms with Gasteiger partial charge in [0.15, 0.2) is 0 Å². The number of nitrogens with zero attached hydrogens (tertiary/aromatic N) is 2. The molecule has 0 saturated heterocycles. The van der Waals surface area contributed by atoms with E-state index in [4.69, 9.17) is 0 Å². The second-order valence-corrected chi connectivity index (χ2v) is 3.04. The van der Waals surface area contributed by atoms with Crippen molar-refractivity contribution in [1.82, 2.24) is 4.68 Å². The summed E-state index contributed by atoms with van der Waals surface area (Å²) in [7, 11) is 0. The molecule has 0 N–H and O–H groups in total. The molecule has 0 radical (unpaired) electrons. The first kappa shape index (κ1) is 9.40. The third-order valence-electron chi connectivity index (χ3n) is 1.93. The first-order chi connectivity index (χ1) is 7.36. The van der Waals surface area contributed by atoms with Crippen molar-refractivity contribution < 1.29 is 0 Å². The van der Waals surface area contributed by atoms with Gasteiger partial charge >= 0.3 is 0 Å². The van der Waals surface area contributed by atoms with Crippen molar-refractivity contribution in [2.24, 2.45) is 5.10 Å². The van der Waals surface area contributed by atoms with E-state index in [1.165, 1.54) is 10.7 Å². The molecule has 2 rings (SSSR count). The molecule has 0 bridgehead atoms. The molecule has 0 aliphatic heterocycles. The minimum atomic E-state index is -0.135. The highest BCUT2D eigenvalue weighted by molar-refractivity contribution is 5.79. The summed E-state index contributed by atoms with van der Waals surface area (Å²) in [5.74, 6) is 0. The summed E-state index contributed by atoms with van der Waals surface area (Å²) >= 11 is 0. The minimum Gasteiger partial charge on any atom is -0.267 e. The Kier molecular flexibility index (Phi) is 2.74. The van der Waals surface area contributed by atoms with Crippen LogP contribution in [0.5, 0.6) is 0 Å². The Morgan fingerprint density at radius 2 is 1.73 bits per heavy atom. The second kappa shape index (κ2) is 4.37. The summed E-state index contributed by atoms with van der Waals surface area (Å²) in [6.07, 6.45) is 3.28. The number of rotatable bonds is 2. The predicted molar refractivity (Wildman–Crippen MR) is 60.1 cm³/mol. The van der Waals surface area contributed by atoms with Crippen LogP contribution in [0.1, 0.15) is 5.56 Å². The lowest BCUT2D eigenvalue weighted by Gasteiger charge is -1.95. The minimum absolute atomic E-state index is 0.135. The number of hydrogen-bond donors (Lipinski definition) is 0. The van der Waals surface area contributed by atoms with Crippen molar-refractivity contribution in [2.45, 2.75) is 0 Å². The lowest BCUT2D eigenvalue weighted by Crippen LogP contribution is -2.13. The predicted octanol–water partition coefficient (Wildman–Crippen LogP) is 1.73. The van der Waals surface area contributed by atoms with E-state index in [0.29, 0.717) is 0 Å². The Bertz CT molecular complexity index is 514. The molecule has 0 aliphatic carbocycles. The van der Waals surface area contributed by atoms with E-state index in [9.17, 15) is 4.79 Å². The van der Waals surface area contributed by atoms with Crippen LogP contribution in [0.15, 0.2) is 64.6 Å². The number of pyridine rings is 1. The zero-order chi connectivity index (χ0) is 10.5. The molecule has 1 heterocycles. The highest BCUT2D eigenvalue weighted by atomic mass is 16.1. The number of hydrogen-bond acceptors (Lipinski definition) is 2. The van der Waals surface area contributed by atoms with Gasteiger partial charge in [-0.05, 0) is 11.6 Å². The summed E-state index contributed by atoms with van der Waals surface area (Å²) in [4.78, 5) is 11.3. The maximum Gasteiger partial charge on any atom is 0.270 e. The highest BCUT2D eigenvalue weighted by Crippen LogP contribution is 1.93. The average molecular weight is 198 g/mol. The molecule has 3 heteroatoms. The molecule has 0 aliphatic rings. The van der Waals surface area contributed by atoms with Crippen molar-refractivity contribution >= 4 is 6.21 Å². The Morgan fingerprint density at radius 1 is 1.00 bits per heavy atom. The average Bonchev–Trinajstić information content (AvgIpc) is 2.29. The van der Waals surface area contributed by atoms with Gasteiger partial charge in [-0.2, -0.15) is 5.10 Å². The molecule has 1 aromatic heterocycles. The van der Waals surface area contributed by atoms with E-state index in [1.54, 1.807) is 24.5 Å². The van der Waals surface area contributed by atoms with Gasteiger partial charge < -0.3 is 0 Å². The first-order valence-electron chi connectivity index (χ1n) is 4.63. The Hall–Kier alpha value is -2.16. The normalized spacial score (nSPS) is 10.7. The smallest absolute Gasteiger partial charge is 0.267 e. The second-order valence-electron chi connectivity index (χ2n) is 3.04. The van der Waals surface area contributed by atoms with Crippen LogP contribution in [0.3, 0.4) is 0 Å². The van der Waals surface area contributed by atoms with E-state index in [-0.39, 0.29) is 5.56 Å². The largest absolute Gasteiger partial charge is 0.270 e. The van der Waals surface area contributed by atoms with Crippen LogP contribution in [0.25, 0.3) is 0 Å². The van der Waals surface area contributed by atoms with Crippen LogP contribution < -0.4 is 5.56 Å². The van der Waals surface area contributed by atoms with Gasteiger partial charge in [0.2, 0.25) is 0 Å². The van der Waals surface area contributed by atoms with Crippen molar-refractivity contribution in [1.29, 1.82) is 0 Å². The summed E-state index contributed by atoms with van der Waals surface area (Å²) in [5.41, 5.74) is 0.831. The van der Waals surface area contributed by atoms with Crippen LogP contribution in [0.4, 0.5) is 0 Å². The zero-order valence-corrected chi connectivity index (χ0v) is 8.08. The monoisotopic (exact) mass is 198 g/mol. The fourth-order valence-corrected chi connectivity index (χ4v) is 1.18.